The number of benzene rings is 1. The Labute approximate surface area is 116 Å². The van der Waals surface area contributed by atoms with Crippen molar-refractivity contribution in [3.63, 3.8) is 0 Å². The molecule has 4 rings (SSSR count). The molecule has 0 bridgehead atoms. The topological polar surface area (TPSA) is 26.3 Å². The maximum absolute atomic E-state index is 5.83. The first kappa shape index (κ1) is 11.2. The van der Waals surface area contributed by atoms with Crippen molar-refractivity contribution in [1.82, 2.24) is 0 Å². The predicted octanol–water partition coefficient (Wildman–Crippen LogP) is 5.10. The second-order valence-electron chi connectivity index (χ2n) is 5.32. The van der Waals surface area contributed by atoms with Crippen LogP contribution in [0.3, 0.4) is 0 Å². The summed E-state index contributed by atoms with van der Waals surface area (Å²) in [5.41, 5.74) is 5.53. The molecule has 0 atom stereocenters. The van der Waals surface area contributed by atoms with Crippen LogP contribution >= 0.6 is 12.2 Å². The van der Waals surface area contributed by atoms with Gasteiger partial charge in [0.15, 0.2) is 4.71 Å². The average Bonchev–Trinajstić information content (AvgIpc) is 2.78. The van der Waals surface area contributed by atoms with Crippen LogP contribution in [0.5, 0.6) is 0 Å². The van der Waals surface area contributed by atoms with Crippen LogP contribution < -0.4 is 0 Å². The second kappa shape index (κ2) is 3.94. The van der Waals surface area contributed by atoms with Crippen molar-refractivity contribution in [2.24, 2.45) is 0 Å². The van der Waals surface area contributed by atoms with E-state index in [0.717, 1.165) is 24.0 Å². The molecule has 3 aromatic rings. The summed E-state index contributed by atoms with van der Waals surface area (Å²) in [4.78, 5) is 0. The van der Waals surface area contributed by atoms with Crippen LogP contribution in [0.1, 0.15) is 29.5 Å². The zero-order chi connectivity index (χ0) is 13.0. The highest BCUT2D eigenvalue weighted by Gasteiger charge is 2.17. The van der Waals surface area contributed by atoms with E-state index in [1.165, 1.54) is 40.3 Å². The predicted molar refractivity (Wildman–Crippen MR) is 78.2 cm³/mol. The Hall–Kier alpha value is -1.61. The number of rotatable bonds is 0. The molecule has 1 aliphatic carbocycles. The third-order valence-electron chi connectivity index (χ3n) is 4.11. The minimum absolute atomic E-state index is 0.657. The fourth-order valence-corrected chi connectivity index (χ4v) is 3.41. The fourth-order valence-electron chi connectivity index (χ4n) is 3.09. The summed E-state index contributed by atoms with van der Waals surface area (Å²) >= 11 is 5.40. The van der Waals surface area contributed by atoms with Gasteiger partial charge in [-0.2, -0.15) is 0 Å². The highest BCUT2D eigenvalue weighted by Crippen LogP contribution is 2.34. The molecule has 0 spiro atoms. The second-order valence-corrected chi connectivity index (χ2v) is 5.69. The summed E-state index contributed by atoms with van der Waals surface area (Å²) in [6.45, 7) is 2.07. The molecule has 0 saturated heterocycles. The van der Waals surface area contributed by atoms with Gasteiger partial charge in [0.25, 0.3) is 0 Å². The van der Waals surface area contributed by atoms with E-state index in [-0.39, 0.29) is 0 Å². The number of furan rings is 1. The van der Waals surface area contributed by atoms with E-state index in [2.05, 4.69) is 13.0 Å². The summed E-state index contributed by atoms with van der Waals surface area (Å²) in [6, 6.07) is 4.17. The Kier molecular flexibility index (Phi) is 2.33. The van der Waals surface area contributed by atoms with Crippen LogP contribution in [0.15, 0.2) is 27.2 Å². The molecule has 3 heteroatoms. The molecule has 0 N–H and O–H groups in total. The molecule has 96 valence electrons. The van der Waals surface area contributed by atoms with Crippen LogP contribution in [0.2, 0.25) is 0 Å². The third kappa shape index (κ3) is 1.58. The first-order valence-corrected chi connectivity index (χ1v) is 7.11. The fraction of sp³-hybridized carbons (Fsp3) is 0.312. The lowest BCUT2D eigenvalue weighted by Crippen LogP contribution is -2.04. The Bertz CT molecular complexity index is 854. The van der Waals surface area contributed by atoms with Crippen molar-refractivity contribution in [2.45, 2.75) is 32.6 Å². The lowest BCUT2D eigenvalue weighted by Gasteiger charge is -2.17. The number of fused-ring (bicyclic) bond motifs is 4. The molecule has 1 aromatic carbocycles. The lowest BCUT2D eigenvalue weighted by atomic mass is 9.90. The van der Waals surface area contributed by atoms with Gasteiger partial charge in [-0.3, -0.25) is 0 Å². The third-order valence-corrected chi connectivity index (χ3v) is 4.44. The summed E-state index contributed by atoms with van der Waals surface area (Å²) < 4.78 is 12.0. The van der Waals surface area contributed by atoms with Gasteiger partial charge in [-0.1, -0.05) is 0 Å². The van der Waals surface area contributed by atoms with Gasteiger partial charge in [-0.05, 0) is 62.0 Å². The van der Waals surface area contributed by atoms with Crippen molar-refractivity contribution in [3.05, 3.63) is 39.8 Å². The van der Waals surface area contributed by atoms with E-state index < -0.39 is 0 Å². The quantitative estimate of drug-likeness (QED) is 0.532. The Morgan fingerprint density at radius 1 is 1.00 bits per heavy atom. The molecule has 2 aromatic heterocycles. The van der Waals surface area contributed by atoms with Crippen molar-refractivity contribution < 1.29 is 8.83 Å². The minimum atomic E-state index is 0.657. The maximum atomic E-state index is 5.83. The summed E-state index contributed by atoms with van der Waals surface area (Å²) in [5.74, 6) is 0. The molecule has 0 saturated carbocycles. The highest BCUT2D eigenvalue weighted by atomic mass is 32.1. The standard InChI is InChI=1S/C16H14O2S/c1-9-8-17-14-7-15-13(6-12(9)14)10-4-2-3-5-11(10)16(19)18-15/h6-8H,2-5H2,1H3. The lowest BCUT2D eigenvalue weighted by molar-refractivity contribution is 0.556. The summed E-state index contributed by atoms with van der Waals surface area (Å²) in [5, 5.41) is 2.38. The summed E-state index contributed by atoms with van der Waals surface area (Å²) in [7, 11) is 0. The smallest absolute Gasteiger partial charge is 0.194 e. The van der Waals surface area contributed by atoms with Crippen LogP contribution in [0.4, 0.5) is 0 Å². The summed E-state index contributed by atoms with van der Waals surface area (Å²) in [6.07, 6.45) is 6.41. The van der Waals surface area contributed by atoms with Gasteiger partial charge in [0.2, 0.25) is 0 Å². The number of hydrogen-bond acceptors (Lipinski definition) is 3. The Balaban J connectivity index is 2.19. The van der Waals surface area contributed by atoms with Crippen LogP contribution in [0, 0.1) is 11.6 Å². The van der Waals surface area contributed by atoms with E-state index in [0.29, 0.717) is 4.71 Å². The van der Waals surface area contributed by atoms with Gasteiger partial charge in [-0.25, -0.2) is 0 Å². The first-order valence-electron chi connectivity index (χ1n) is 6.70. The first-order chi connectivity index (χ1) is 9.24. The van der Waals surface area contributed by atoms with E-state index in [1.54, 1.807) is 6.26 Å². The van der Waals surface area contributed by atoms with Crippen molar-refractivity contribution in [1.29, 1.82) is 0 Å². The van der Waals surface area contributed by atoms with E-state index in [9.17, 15) is 0 Å². The zero-order valence-electron chi connectivity index (χ0n) is 10.8. The molecular formula is C16H14O2S. The van der Waals surface area contributed by atoms with Gasteiger partial charge >= 0.3 is 0 Å². The van der Waals surface area contributed by atoms with Crippen LogP contribution in [0.25, 0.3) is 21.9 Å². The molecule has 0 fully saturated rings. The molecule has 0 aliphatic heterocycles. The zero-order valence-corrected chi connectivity index (χ0v) is 11.6. The molecule has 0 unspecified atom stereocenters. The molecule has 1 aliphatic rings. The van der Waals surface area contributed by atoms with Crippen LogP contribution in [-0.4, -0.2) is 0 Å². The van der Waals surface area contributed by atoms with Crippen molar-refractivity contribution in [3.8, 4) is 0 Å². The van der Waals surface area contributed by atoms with E-state index >= 15 is 0 Å². The Morgan fingerprint density at radius 2 is 1.79 bits per heavy atom. The van der Waals surface area contributed by atoms with Crippen LogP contribution in [-0.2, 0) is 12.8 Å². The highest BCUT2D eigenvalue weighted by molar-refractivity contribution is 7.71. The van der Waals surface area contributed by atoms with Gasteiger partial charge in [0.1, 0.15) is 11.2 Å². The normalized spacial score (nSPS) is 15.0. The van der Waals surface area contributed by atoms with Gasteiger partial charge in [-0.15, -0.1) is 0 Å². The average molecular weight is 270 g/mol. The number of aryl methyl sites for hydroxylation is 2. The van der Waals surface area contributed by atoms with Gasteiger partial charge in [0, 0.05) is 22.4 Å². The molecular weight excluding hydrogens is 256 g/mol. The maximum Gasteiger partial charge on any atom is 0.194 e. The minimum Gasteiger partial charge on any atom is -0.464 e. The molecule has 0 amide bonds. The largest absolute Gasteiger partial charge is 0.464 e. The van der Waals surface area contributed by atoms with E-state index in [4.69, 9.17) is 21.1 Å². The van der Waals surface area contributed by atoms with Gasteiger partial charge < -0.3 is 8.83 Å². The van der Waals surface area contributed by atoms with Crippen molar-refractivity contribution >= 4 is 34.2 Å². The van der Waals surface area contributed by atoms with Gasteiger partial charge in [0.05, 0.1) is 6.26 Å². The molecule has 0 radical (unpaired) electrons. The molecule has 2 heterocycles. The molecule has 19 heavy (non-hydrogen) atoms. The van der Waals surface area contributed by atoms with E-state index in [1.807, 2.05) is 6.07 Å². The van der Waals surface area contributed by atoms with Crippen molar-refractivity contribution in [2.75, 3.05) is 0 Å². The SMILES string of the molecule is Cc1coc2cc3oc(=S)c4c(c3cc12)CCCC4. The Morgan fingerprint density at radius 3 is 2.63 bits per heavy atom. The number of hydrogen-bond donors (Lipinski definition) is 0. The molecule has 2 nitrogen and oxygen atoms in total. The monoisotopic (exact) mass is 270 g/mol.